The first-order valence-electron chi connectivity index (χ1n) is 6.33. The van der Waals surface area contributed by atoms with E-state index < -0.39 is 0 Å². The van der Waals surface area contributed by atoms with Gasteiger partial charge in [-0.25, -0.2) is 4.98 Å². The summed E-state index contributed by atoms with van der Waals surface area (Å²) in [5.74, 6) is 0.974. The van der Waals surface area contributed by atoms with Crippen molar-refractivity contribution < 1.29 is 4.74 Å². The van der Waals surface area contributed by atoms with Crippen molar-refractivity contribution in [1.29, 1.82) is 0 Å². The molecule has 1 heterocycles. The van der Waals surface area contributed by atoms with Crippen LogP contribution in [0.2, 0.25) is 0 Å². The molecule has 2 rings (SSSR count). The second kappa shape index (κ2) is 5.78. The van der Waals surface area contributed by atoms with Crippen LogP contribution < -0.4 is 5.32 Å². The molecule has 0 unspecified atom stereocenters. The average Bonchev–Trinajstić information content (AvgIpc) is 2.97. The van der Waals surface area contributed by atoms with Crippen LogP contribution in [0, 0.1) is 5.41 Å². The Morgan fingerprint density at radius 2 is 2.29 bits per heavy atom. The molecule has 0 bridgehead atoms. The number of aromatic nitrogens is 2. The summed E-state index contributed by atoms with van der Waals surface area (Å²) < 4.78 is 9.49. The Morgan fingerprint density at radius 1 is 1.47 bits per heavy atom. The zero-order valence-corrected chi connectivity index (χ0v) is 11.5. The summed E-state index contributed by atoms with van der Waals surface area (Å²) in [6, 6.07) is 0. The van der Waals surface area contributed by atoms with Gasteiger partial charge < -0.3 is 10.1 Å². The van der Waals surface area contributed by atoms with E-state index in [9.17, 15) is 0 Å². The van der Waals surface area contributed by atoms with E-state index in [1.54, 1.807) is 7.11 Å². The van der Waals surface area contributed by atoms with Gasteiger partial charge in [-0.3, -0.25) is 0 Å². The van der Waals surface area contributed by atoms with Crippen molar-refractivity contribution in [2.45, 2.75) is 39.0 Å². The third kappa shape index (κ3) is 3.64. The van der Waals surface area contributed by atoms with Crippen LogP contribution in [0.25, 0.3) is 0 Å². The van der Waals surface area contributed by atoms with Crippen LogP contribution in [-0.2, 0) is 11.2 Å². The van der Waals surface area contributed by atoms with Crippen LogP contribution >= 0.6 is 11.5 Å². The summed E-state index contributed by atoms with van der Waals surface area (Å²) in [4.78, 5) is 4.48. The SMILES string of the molecule is CCCc1nsc(NCC2(CCOC)CC2)n1. The molecule has 4 nitrogen and oxygen atoms in total. The predicted molar refractivity (Wildman–Crippen MR) is 70.6 cm³/mol. The molecule has 96 valence electrons. The fraction of sp³-hybridized carbons (Fsp3) is 0.833. The monoisotopic (exact) mass is 255 g/mol. The lowest BCUT2D eigenvalue weighted by Crippen LogP contribution is -2.17. The van der Waals surface area contributed by atoms with E-state index in [2.05, 4.69) is 21.6 Å². The molecule has 1 fully saturated rings. The Bertz CT molecular complexity index is 349. The smallest absolute Gasteiger partial charge is 0.202 e. The number of rotatable bonds is 8. The molecule has 0 saturated heterocycles. The standard InChI is InChI=1S/C12H21N3OS/c1-3-4-10-14-11(17-15-10)13-9-12(5-6-12)7-8-16-2/h3-9H2,1-2H3,(H,13,14,15). The maximum Gasteiger partial charge on any atom is 0.202 e. The number of hydrogen-bond donors (Lipinski definition) is 1. The van der Waals surface area contributed by atoms with E-state index in [1.165, 1.54) is 24.4 Å². The van der Waals surface area contributed by atoms with Gasteiger partial charge in [0.25, 0.3) is 0 Å². The lowest BCUT2D eigenvalue weighted by molar-refractivity contribution is 0.175. The maximum atomic E-state index is 5.15. The van der Waals surface area contributed by atoms with Crippen LogP contribution in [0.1, 0.15) is 38.4 Å². The van der Waals surface area contributed by atoms with Gasteiger partial charge >= 0.3 is 0 Å². The largest absolute Gasteiger partial charge is 0.385 e. The van der Waals surface area contributed by atoms with E-state index in [1.807, 2.05) is 0 Å². The predicted octanol–water partition coefficient (Wildman–Crippen LogP) is 2.72. The Labute approximate surface area is 107 Å². The Kier molecular flexibility index (Phi) is 4.34. The molecule has 0 spiro atoms. The fourth-order valence-electron chi connectivity index (χ4n) is 1.92. The first-order chi connectivity index (χ1) is 8.28. The van der Waals surface area contributed by atoms with E-state index >= 15 is 0 Å². The molecule has 0 aliphatic heterocycles. The van der Waals surface area contributed by atoms with Crippen LogP contribution in [0.5, 0.6) is 0 Å². The van der Waals surface area contributed by atoms with Crippen molar-refractivity contribution in [3.05, 3.63) is 5.82 Å². The lowest BCUT2D eigenvalue weighted by Gasteiger charge is -2.14. The molecular weight excluding hydrogens is 234 g/mol. The fourth-order valence-corrected chi connectivity index (χ4v) is 2.53. The Balaban J connectivity index is 1.77. The zero-order chi connectivity index (χ0) is 12.1. The lowest BCUT2D eigenvalue weighted by atomic mass is 10.0. The normalized spacial score (nSPS) is 17.1. The van der Waals surface area contributed by atoms with Gasteiger partial charge in [0.05, 0.1) is 0 Å². The minimum atomic E-state index is 0.465. The van der Waals surface area contributed by atoms with Gasteiger partial charge in [-0.1, -0.05) is 6.92 Å². The number of aryl methyl sites for hydroxylation is 1. The summed E-state index contributed by atoms with van der Waals surface area (Å²) >= 11 is 1.48. The summed E-state index contributed by atoms with van der Waals surface area (Å²) in [5, 5.41) is 4.39. The average molecular weight is 255 g/mol. The molecule has 0 aromatic carbocycles. The molecule has 1 aliphatic rings. The first-order valence-corrected chi connectivity index (χ1v) is 7.11. The van der Waals surface area contributed by atoms with Gasteiger partial charge in [0.1, 0.15) is 5.82 Å². The van der Waals surface area contributed by atoms with Gasteiger partial charge in [-0.2, -0.15) is 4.37 Å². The second-order valence-electron chi connectivity index (χ2n) is 4.86. The highest BCUT2D eigenvalue weighted by molar-refractivity contribution is 7.09. The highest BCUT2D eigenvalue weighted by Gasteiger charge is 2.41. The van der Waals surface area contributed by atoms with Gasteiger partial charge in [-0.15, -0.1) is 0 Å². The van der Waals surface area contributed by atoms with E-state index in [-0.39, 0.29) is 0 Å². The topological polar surface area (TPSA) is 47.0 Å². The molecule has 0 amide bonds. The molecule has 1 aromatic rings. The minimum absolute atomic E-state index is 0.465. The van der Waals surface area contributed by atoms with Gasteiger partial charge in [0.2, 0.25) is 5.13 Å². The molecule has 0 atom stereocenters. The highest BCUT2D eigenvalue weighted by Crippen LogP contribution is 2.48. The molecule has 1 aromatic heterocycles. The maximum absolute atomic E-state index is 5.15. The van der Waals surface area contributed by atoms with Gasteiger partial charge in [0.15, 0.2) is 0 Å². The van der Waals surface area contributed by atoms with Crippen LogP contribution in [0.3, 0.4) is 0 Å². The molecule has 5 heteroatoms. The quantitative estimate of drug-likeness (QED) is 0.776. The van der Waals surface area contributed by atoms with Gasteiger partial charge in [-0.05, 0) is 31.1 Å². The molecule has 1 N–H and O–H groups in total. The molecule has 17 heavy (non-hydrogen) atoms. The van der Waals surface area contributed by atoms with E-state index in [0.29, 0.717) is 5.41 Å². The number of anilines is 1. The first kappa shape index (κ1) is 12.8. The zero-order valence-electron chi connectivity index (χ0n) is 10.7. The van der Waals surface area contributed by atoms with Crippen molar-refractivity contribution >= 4 is 16.7 Å². The third-order valence-corrected chi connectivity index (χ3v) is 4.06. The summed E-state index contributed by atoms with van der Waals surface area (Å²) in [7, 11) is 1.77. The van der Waals surface area contributed by atoms with Gasteiger partial charge in [0, 0.05) is 38.2 Å². The van der Waals surface area contributed by atoms with Crippen molar-refractivity contribution in [3.63, 3.8) is 0 Å². The number of hydrogen-bond acceptors (Lipinski definition) is 5. The van der Waals surface area contributed by atoms with Crippen LogP contribution in [-0.4, -0.2) is 29.6 Å². The summed E-state index contributed by atoms with van der Waals surface area (Å²) in [6.07, 6.45) is 5.85. The number of ether oxygens (including phenoxy) is 1. The molecule has 1 saturated carbocycles. The Hall–Kier alpha value is -0.680. The van der Waals surface area contributed by atoms with Crippen molar-refractivity contribution in [3.8, 4) is 0 Å². The number of nitrogens with zero attached hydrogens (tertiary/aromatic N) is 2. The molecule has 0 radical (unpaired) electrons. The molecule has 1 aliphatic carbocycles. The summed E-state index contributed by atoms with van der Waals surface area (Å²) in [6.45, 7) is 4.02. The van der Waals surface area contributed by atoms with Crippen molar-refractivity contribution in [2.24, 2.45) is 5.41 Å². The second-order valence-corrected chi connectivity index (χ2v) is 5.61. The van der Waals surface area contributed by atoms with E-state index in [0.717, 1.165) is 43.4 Å². The van der Waals surface area contributed by atoms with Crippen LogP contribution in [0.4, 0.5) is 5.13 Å². The van der Waals surface area contributed by atoms with Crippen molar-refractivity contribution in [2.75, 3.05) is 25.6 Å². The molecular formula is C12H21N3OS. The van der Waals surface area contributed by atoms with Crippen LogP contribution in [0.15, 0.2) is 0 Å². The third-order valence-electron chi connectivity index (χ3n) is 3.35. The minimum Gasteiger partial charge on any atom is -0.385 e. The number of methoxy groups -OCH3 is 1. The van der Waals surface area contributed by atoms with E-state index in [4.69, 9.17) is 4.74 Å². The Morgan fingerprint density at radius 3 is 2.94 bits per heavy atom. The summed E-state index contributed by atoms with van der Waals surface area (Å²) in [5.41, 5.74) is 0.465. The van der Waals surface area contributed by atoms with Crippen molar-refractivity contribution in [1.82, 2.24) is 9.36 Å². The number of nitrogens with one attached hydrogen (secondary N) is 1. The highest BCUT2D eigenvalue weighted by atomic mass is 32.1.